The summed E-state index contributed by atoms with van der Waals surface area (Å²) in [4.78, 5) is 12.2. The van der Waals surface area contributed by atoms with Crippen LogP contribution < -0.4 is 5.32 Å². The molecule has 2 aromatic rings. The molecule has 1 aliphatic carbocycles. The molecule has 0 bridgehead atoms. The van der Waals surface area contributed by atoms with E-state index in [9.17, 15) is 4.79 Å². The number of aryl methyl sites for hydroxylation is 2. The first kappa shape index (κ1) is 13.0. The molecule has 0 unspecified atom stereocenters. The van der Waals surface area contributed by atoms with E-state index in [-0.39, 0.29) is 5.91 Å². The van der Waals surface area contributed by atoms with Crippen molar-refractivity contribution >= 4 is 46.3 Å². The number of rotatable bonds is 2. The predicted octanol–water partition coefficient (Wildman–Crippen LogP) is 3.53. The first-order valence-electron chi connectivity index (χ1n) is 5.87. The molecule has 1 aliphatic rings. The molecule has 19 heavy (non-hydrogen) atoms. The van der Waals surface area contributed by atoms with E-state index >= 15 is 0 Å². The maximum atomic E-state index is 12.2. The molecule has 3 rings (SSSR count). The van der Waals surface area contributed by atoms with Crippen LogP contribution in [-0.2, 0) is 19.9 Å². The molecule has 0 saturated carbocycles. The van der Waals surface area contributed by atoms with Gasteiger partial charge in [0.2, 0.25) is 0 Å². The molecule has 100 valence electrons. The van der Waals surface area contributed by atoms with Crippen LogP contribution >= 0.6 is 34.5 Å². The summed E-state index contributed by atoms with van der Waals surface area (Å²) in [5.74, 6) is 0.515. The highest BCUT2D eigenvalue weighted by Gasteiger charge is 2.23. The Labute approximate surface area is 124 Å². The molecule has 0 aromatic carbocycles. The molecule has 4 nitrogen and oxygen atoms in total. The topological polar surface area (TPSA) is 46.9 Å². The largest absolute Gasteiger partial charge is 0.306 e. The lowest BCUT2D eigenvalue weighted by molar-refractivity contribution is 0.102. The molecule has 7 heteroatoms. The van der Waals surface area contributed by atoms with Gasteiger partial charge in [0, 0.05) is 12.6 Å². The van der Waals surface area contributed by atoms with E-state index in [1.54, 1.807) is 10.7 Å². The van der Waals surface area contributed by atoms with E-state index in [2.05, 4.69) is 10.4 Å². The van der Waals surface area contributed by atoms with Crippen LogP contribution in [0.4, 0.5) is 5.82 Å². The third-order valence-corrected chi connectivity index (χ3v) is 4.69. The Balaban J connectivity index is 1.90. The normalized spacial score (nSPS) is 13.6. The van der Waals surface area contributed by atoms with Crippen molar-refractivity contribution in [3.05, 3.63) is 31.6 Å². The van der Waals surface area contributed by atoms with E-state index in [1.165, 1.54) is 11.3 Å². The van der Waals surface area contributed by atoms with Crippen molar-refractivity contribution in [2.45, 2.75) is 19.3 Å². The van der Waals surface area contributed by atoms with Crippen LogP contribution in [0.25, 0.3) is 0 Å². The summed E-state index contributed by atoms with van der Waals surface area (Å²) in [6.07, 6.45) is 3.02. The summed E-state index contributed by atoms with van der Waals surface area (Å²) in [5.41, 5.74) is 2.62. The van der Waals surface area contributed by atoms with Crippen LogP contribution in [0.3, 0.4) is 0 Å². The fourth-order valence-electron chi connectivity index (χ4n) is 2.35. The third-order valence-electron chi connectivity index (χ3n) is 3.20. The maximum Gasteiger partial charge on any atom is 0.259 e. The second-order valence-electron chi connectivity index (χ2n) is 4.44. The van der Waals surface area contributed by atoms with E-state index in [4.69, 9.17) is 23.2 Å². The number of hydrogen-bond donors (Lipinski definition) is 1. The van der Waals surface area contributed by atoms with Crippen LogP contribution in [0, 0.1) is 0 Å². The standard InChI is InChI=1S/C12H11Cl2N3OS/c1-17-11(6-3-2-4-8(6)16-17)15-12(18)7-5-9(13)19-10(7)14/h5H,2-4H2,1H3,(H,15,18). The lowest BCUT2D eigenvalue weighted by atomic mass is 10.2. The molecule has 0 fully saturated rings. The van der Waals surface area contributed by atoms with Gasteiger partial charge in [-0.25, -0.2) is 0 Å². The molecule has 0 aliphatic heterocycles. The zero-order valence-corrected chi connectivity index (χ0v) is 12.5. The smallest absolute Gasteiger partial charge is 0.259 e. The van der Waals surface area contributed by atoms with E-state index in [1.807, 2.05) is 7.05 Å². The van der Waals surface area contributed by atoms with Gasteiger partial charge in [-0.2, -0.15) is 5.10 Å². The Bertz CT molecular complexity index is 662. The minimum atomic E-state index is -0.245. The Morgan fingerprint density at radius 1 is 1.47 bits per heavy atom. The van der Waals surface area contributed by atoms with Crippen molar-refractivity contribution in [2.75, 3.05) is 5.32 Å². The second kappa shape index (κ2) is 4.81. The number of thiophene rings is 1. The van der Waals surface area contributed by atoms with Crippen LogP contribution in [-0.4, -0.2) is 15.7 Å². The molecule has 0 atom stereocenters. The second-order valence-corrected chi connectivity index (χ2v) is 6.73. The van der Waals surface area contributed by atoms with Crippen molar-refractivity contribution in [3.63, 3.8) is 0 Å². The molecule has 1 amide bonds. The van der Waals surface area contributed by atoms with Gasteiger partial charge in [0.15, 0.2) is 0 Å². The number of amides is 1. The van der Waals surface area contributed by atoms with Gasteiger partial charge in [-0.3, -0.25) is 9.48 Å². The van der Waals surface area contributed by atoms with Gasteiger partial charge in [0.05, 0.1) is 15.6 Å². The van der Waals surface area contributed by atoms with Gasteiger partial charge in [0.25, 0.3) is 5.91 Å². The summed E-state index contributed by atoms with van der Waals surface area (Å²) >= 11 is 13.0. The van der Waals surface area contributed by atoms with Gasteiger partial charge in [-0.05, 0) is 25.3 Å². The molecule has 0 saturated heterocycles. The summed E-state index contributed by atoms with van der Waals surface area (Å²) in [6, 6.07) is 1.58. The van der Waals surface area contributed by atoms with Crippen molar-refractivity contribution in [1.82, 2.24) is 9.78 Å². The number of halogens is 2. The average molecular weight is 316 g/mol. The third kappa shape index (κ3) is 2.26. The quantitative estimate of drug-likeness (QED) is 0.921. The van der Waals surface area contributed by atoms with Gasteiger partial charge in [-0.1, -0.05) is 23.2 Å². The van der Waals surface area contributed by atoms with E-state index in [0.29, 0.717) is 14.2 Å². The van der Waals surface area contributed by atoms with Crippen LogP contribution in [0.2, 0.25) is 8.67 Å². The number of hydrogen-bond acceptors (Lipinski definition) is 3. The summed E-state index contributed by atoms with van der Waals surface area (Å²) in [6.45, 7) is 0. The summed E-state index contributed by atoms with van der Waals surface area (Å²) in [5, 5.41) is 7.30. The number of fused-ring (bicyclic) bond motifs is 1. The zero-order valence-electron chi connectivity index (χ0n) is 10.2. The number of anilines is 1. The molecule has 2 aromatic heterocycles. The number of nitrogens with zero attached hydrogens (tertiary/aromatic N) is 2. The minimum absolute atomic E-state index is 0.245. The SMILES string of the molecule is Cn1nc2c(c1NC(=O)c1cc(Cl)sc1Cl)CCC2. The van der Waals surface area contributed by atoms with E-state index < -0.39 is 0 Å². The molecule has 1 N–H and O–H groups in total. The van der Waals surface area contributed by atoms with Crippen molar-refractivity contribution < 1.29 is 4.79 Å². The summed E-state index contributed by atoms with van der Waals surface area (Å²) < 4.78 is 2.62. The van der Waals surface area contributed by atoms with Crippen LogP contribution in [0.5, 0.6) is 0 Å². The fourth-order valence-corrected chi connectivity index (χ4v) is 3.80. The van der Waals surface area contributed by atoms with Gasteiger partial charge >= 0.3 is 0 Å². The van der Waals surface area contributed by atoms with Crippen molar-refractivity contribution in [2.24, 2.45) is 7.05 Å². The minimum Gasteiger partial charge on any atom is -0.306 e. The van der Waals surface area contributed by atoms with Crippen molar-refractivity contribution in [1.29, 1.82) is 0 Å². The lowest BCUT2D eigenvalue weighted by Crippen LogP contribution is -2.15. The Morgan fingerprint density at radius 2 is 2.26 bits per heavy atom. The van der Waals surface area contributed by atoms with Gasteiger partial charge in [0.1, 0.15) is 10.2 Å². The Morgan fingerprint density at radius 3 is 2.95 bits per heavy atom. The Hall–Kier alpha value is -1.04. The molecule has 0 radical (unpaired) electrons. The van der Waals surface area contributed by atoms with Gasteiger partial charge in [-0.15, -0.1) is 11.3 Å². The Kier molecular flexibility index (Phi) is 3.28. The van der Waals surface area contributed by atoms with Crippen LogP contribution in [0.15, 0.2) is 6.07 Å². The highest BCUT2D eigenvalue weighted by molar-refractivity contribution is 7.20. The number of carbonyl (C=O) groups excluding carboxylic acids is 1. The predicted molar refractivity (Wildman–Crippen MR) is 77.5 cm³/mol. The van der Waals surface area contributed by atoms with Crippen LogP contribution in [0.1, 0.15) is 28.0 Å². The average Bonchev–Trinajstić information content (AvgIpc) is 2.98. The highest BCUT2D eigenvalue weighted by atomic mass is 35.5. The molecule has 0 spiro atoms. The molecule has 2 heterocycles. The molecular weight excluding hydrogens is 305 g/mol. The molecular formula is C12H11Cl2N3OS. The summed E-state index contributed by atoms with van der Waals surface area (Å²) in [7, 11) is 1.83. The number of carbonyl (C=O) groups is 1. The number of aromatic nitrogens is 2. The highest BCUT2D eigenvalue weighted by Crippen LogP contribution is 2.33. The van der Waals surface area contributed by atoms with Crippen molar-refractivity contribution in [3.8, 4) is 0 Å². The monoisotopic (exact) mass is 315 g/mol. The first-order chi connectivity index (χ1) is 9.06. The van der Waals surface area contributed by atoms with E-state index in [0.717, 1.165) is 36.3 Å². The number of nitrogens with one attached hydrogen (secondary N) is 1. The first-order valence-corrected chi connectivity index (χ1v) is 7.44. The lowest BCUT2D eigenvalue weighted by Gasteiger charge is -2.06. The fraction of sp³-hybridized carbons (Fsp3) is 0.333. The maximum absolute atomic E-state index is 12.2. The van der Waals surface area contributed by atoms with Gasteiger partial charge < -0.3 is 5.32 Å². The zero-order chi connectivity index (χ0) is 13.6.